The van der Waals surface area contributed by atoms with Crippen molar-refractivity contribution in [3.8, 4) is 22.4 Å². The van der Waals surface area contributed by atoms with E-state index in [4.69, 9.17) is 4.99 Å². The zero-order valence-corrected chi connectivity index (χ0v) is 22.2. The van der Waals surface area contributed by atoms with Gasteiger partial charge in [-0.05, 0) is 73.8 Å². The minimum Gasteiger partial charge on any atom is -0.342 e. The number of fused-ring (bicyclic) bond motifs is 7. The Morgan fingerprint density at radius 1 is 0.684 bits per heavy atom. The summed E-state index contributed by atoms with van der Waals surface area (Å²) in [6.45, 7) is 8.76. The first kappa shape index (κ1) is 22.9. The SMILES string of the molecule is CC(C)C1=Nc2c(c3ccc(-c4ccc5cc(-c6cnc(C(C)C)[nH]6)ccc5c4)cc3c3ccncc23)C1. The standard InChI is InChI=1S/C34H30N4/c1-19(2)31-16-29-26-10-9-24(15-28(26)27-11-12-35-17-30(27)33(29)37-31)22-5-6-23-14-25(8-7-21(23)13-22)32-18-36-34(38-32)20(3)4/h5-15,17-20H,16H2,1-4H3,(H,36,38). The van der Waals surface area contributed by atoms with E-state index in [1.54, 1.807) is 0 Å². The van der Waals surface area contributed by atoms with Gasteiger partial charge < -0.3 is 4.98 Å². The highest BCUT2D eigenvalue weighted by atomic mass is 14.9. The molecule has 38 heavy (non-hydrogen) atoms. The van der Waals surface area contributed by atoms with E-state index >= 15 is 0 Å². The minimum atomic E-state index is 0.382. The molecule has 4 heteroatoms. The lowest BCUT2D eigenvalue weighted by molar-refractivity contribution is 0.795. The molecule has 186 valence electrons. The maximum Gasteiger partial charge on any atom is 0.109 e. The van der Waals surface area contributed by atoms with Crippen LogP contribution in [-0.4, -0.2) is 20.7 Å². The summed E-state index contributed by atoms with van der Waals surface area (Å²) < 4.78 is 0. The number of H-pyrrole nitrogens is 1. The molecular formula is C34H30N4. The van der Waals surface area contributed by atoms with Crippen LogP contribution in [0, 0.1) is 5.92 Å². The summed E-state index contributed by atoms with van der Waals surface area (Å²) in [5, 5.41) is 7.39. The molecule has 6 aromatic rings. The molecule has 3 heterocycles. The molecule has 4 aromatic carbocycles. The van der Waals surface area contributed by atoms with E-state index in [0.29, 0.717) is 11.8 Å². The highest BCUT2D eigenvalue weighted by Gasteiger charge is 2.23. The van der Waals surface area contributed by atoms with Crippen LogP contribution in [0.25, 0.3) is 54.7 Å². The first-order valence-electron chi connectivity index (χ1n) is 13.5. The molecule has 2 aromatic heterocycles. The number of benzene rings is 4. The number of hydrogen-bond donors (Lipinski definition) is 1. The molecule has 0 atom stereocenters. The molecular weight excluding hydrogens is 464 g/mol. The number of hydrogen-bond acceptors (Lipinski definition) is 3. The first-order chi connectivity index (χ1) is 18.5. The summed E-state index contributed by atoms with van der Waals surface area (Å²) >= 11 is 0. The van der Waals surface area contributed by atoms with Gasteiger partial charge in [0, 0.05) is 41.4 Å². The smallest absolute Gasteiger partial charge is 0.109 e. The zero-order valence-electron chi connectivity index (χ0n) is 22.2. The third-order valence-electron chi connectivity index (χ3n) is 7.90. The van der Waals surface area contributed by atoms with E-state index in [1.807, 2.05) is 18.6 Å². The largest absolute Gasteiger partial charge is 0.342 e. The van der Waals surface area contributed by atoms with Crippen LogP contribution >= 0.6 is 0 Å². The molecule has 0 bridgehead atoms. The van der Waals surface area contributed by atoms with Crippen molar-refractivity contribution in [1.29, 1.82) is 0 Å². The van der Waals surface area contributed by atoms with Gasteiger partial charge in [0.25, 0.3) is 0 Å². The van der Waals surface area contributed by atoms with Gasteiger partial charge in [-0.3, -0.25) is 9.98 Å². The normalized spacial score (nSPS) is 13.3. The van der Waals surface area contributed by atoms with Crippen LogP contribution in [0.15, 0.2) is 84.2 Å². The van der Waals surface area contributed by atoms with Crippen LogP contribution in [0.3, 0.4) is 0 Å². The van der Waals surface area contributed by atoms with Gasteiger partial charge in [0.2, 0.25) is 0 Å². The van der Waals surface area contributed by atoms with E-state index in [9.17, 15) is 0 Å². The van der Waals surface area contributed by atoms with E-state index < -0.39 is 0 Å². The van der Waals surface area contributed by atoms with Gasteiger partial charge in [0.15, 0.2) is 0 Å². The Labute approximate surface area is 222 Å². The summed E-state index contributed by atoms with van der Waals surface area (Å²) in [4.78, 5) is 17.5. The van der Waals surface area contributed by atoms with Gasteiger partial charge in [0.05, 0.1) is 17.6 Å². The molecule has 0 spiro atoms. The predicted octanol–water partition coefficient (Wildman–Crippen LogP) is 9.01. The third kappa shape index (κ3) is 3.63. The van der Waals surface area contributed by atoms with Gasteiger partial charge >= 0.3 is 0 Å². The second-order valence-corrected chi connectivity index (χ2v) is 11.1. The molecule has 1 aliphatic rings. The van der Waals surface area contributed by atoms with Crippen molar-refractivity contribution in [1.82, 2.24) is 15.0 Å². The molecule has 0 saturated heterocycles. The maximum absolute atomic E-state index is 5.05. The summed E-state index contributed by atoms with van der Waals surface area (Å²) in [5.74, 6) is 1.84. The van der Waals surface area contributed by atoms with Gasteiger partial charge in [-0.25, -0.2) is 4.98 Å². The number of rotatable bonds is 4. The summed E-state index contributed by atoms with van der Waals surface area (Å²) in [6.07, 6.45) is 6.72. The molecule has 1 N–H and O–H groups in total. The van der Waals surface area contributed by atoms with Crippen LogP contribution < -0.4 is 0 Å². The second kappa shape index (κ2) is 8.63. The Morgan fingerprint density at radius 3 is 2.18 bits per heavy atom. The topological polar surface area (TPSA) is 53.9 Å². The average molecular weight is 495 g/mol. The van der Waals surface area contributed by atoms with Crippen molar-refractivity contribution in [2.24, 2.45) is 10.9 Å². The average Bonchev–Trinajstić information content (AvgIpc) is 3.61. The molecule has 1 aliphatic heterocycles. The van der Waals surface area contributed by atoms with E-state index in [1.165, 1.54) is 49.3 Å². The summed E-state index contributed by atoms with van der Waals surface area (Å²) in [6, 6.07) is 22.4. The Bertz CT molecular complexity index is 1910. The molecule has 0 radical (unpaired) electrons. The highest BCUT2D eigenvalue weighted by Crippen LogP contribution is 2.43. The maximum atomic E-state index is 5.05. The summed E-state index contributed by atoms with van der Waals surface area (Å²) in [5.41, 5.74) is 8.36. The molecule has 4 nitrogen and oxygen atoms in total. The Hall–Kier alpha value is -4.31. The fraction of sp³-hybridized carbons (Fsp3) is 0.206. The quantitative estimate of drug-likeness (QED) is 0.249. The number of aromatic nitrogens is 3. The third-order valence-corrected chi connectivity index (χ3v) is 7.90. The first-order valence-corrected chi connectivity index (χ1v) is 13.5. The molecule has 0 fully saturated rings. The fourth-order valence-corrected chi connectivity index (χ4v) is 5.69. The van der Waals surface area contributed by atoms with Crippen LogP contribution in [-0.2, 0) is 6.42 Å². The lowest BCUT2D eigenvalue weighted by Crippen LogP contribution is -2.06. The number of nitrogens with zero attached hydrogens (tertiary/aromatic N) is 3. The Balaban J connectivity index is 1.32. The lowest BCUT2D eigenvalue weighted by Gasteiger charge is -2.12. The van der Waals surface area contributed by atoms with E-state index in [0.717, 1.165) is 34.6 Å². The number of aromatic amines is 1. The van der Waals surface area contributed by atoms with E-state index in [2.05, 4.69) is 103 Å². The second-order valence-electron chi connectivity index (χ2n) is 11.1. The summed E-state index contributed by atoms with van der Waals surface area (Å²) in [7, 11) is 0. The molecule has 0 saturated carbocycles. The molecule has 0 unspecified atom stereocenters. The monoisotopic (exact) mass is 494 g/mol. The Morgan fingerprint density at radius 2 is 1.42 bits per heavy atom. The minimum absolute atomic E-state index is 0.382. The molecule has 0 amide bonds. The number of nitrogens with one attached hydrogen (secondary N) is 1. The van der Waals surface area contributed by atoms with Crippen molar-refractivity contribution >= 4 is 43.7 Å². The number of aliphatic imine (C=N–C) groups is 1. The van der Waals surface area contributed by atoms with E-state index in [-0.39, 0.29) is 0 Å². The number of imidazole rings is 1. The predicted molar refractivity (Wildman–Crippen MR) is 159 cm³/mol. The van der Waals surface area contributed by atoms with Crippen molar-refractivity contribution in [3.63, 3.8) is 0 Å². The van der Waals surface area contributed by atoms with Crippen molar-refractivity contribution in [2.75, 3.05) is 0 Å². The van der Waals surface area contributed by atoms with Crippen LogP contribution in [0.5, 0.6) is 0 Å². The van der Waals surface area contributed by atoms with Crippen molar-refractivity contribution in [3.05, 3.63) is 90.6 Å². The molecule has 0 aliphatic carbocycles. The van der Waals surface area contributed by atoms with Gasteiger partial charge in [-0.15, -0.1) is 0 Å². The van der Waals surface area contributed by atoms with Crippen molar-refractivity contribution in [2.45, 2.75) is 40.0 Å². The van der Waals surface area contributed by atoms with Gasteiger partial charge in [-0.1, -0.05) is 64.1 Å². The van der Waals surface area contributed by atoms with Crippen LogP contribution in [0.2, 0.25) is 0 Å². The molecule has 7 rings (SSSR count). The van der Waals surface area contributed by atoms with Gasteiger partial charge in [0.1, 0.15) is 5.82 Å². The fourth-order valence-electron chi connectivity index (χ4n) is 5.69. The van der Waals surface area contributed by atoms with Crippen LogP contribution in [0.1, 0.15) is 45.0 Å². The van der Waals surface area contributed by atoms with Gasteiger partial charge in [-0.2, -0.15) is 0 Å². The lowest BCUT2D eigenvalue weighted by atomic mass is 9.91. The highest BCUT2D eigenvalue weighted by molar-refractivity contribution is 6.18. The zero-order chi connectivity index (χ0) is 26.0. The van der Waals surface area contributed by atoms with Crippen LogP contribution in [0.4, 0.5) is 5.69 Å². The van der Waals surface area contributed by atoms with Crippen molar-refractivity contribution < 1.29 is 0 Å². The number of pyridine rings is 1. The Kier molecular flexibility index (Phi) is 5.19.